The predicted molar refractivity (Wildman–Crippen MR) is 66.0 cm³/mol. The highest BCUT2D eigenvalue weighted by Crippen LogP contribution is 2.17. The van der Waals surface area contributed by atoms with Crippen LogP contribution in [0.3, 0.4) is 0 Å². The third-order valence-electron chi connectivity index (χ3n) is 2.45. The summed E-state index contributed by atoms with van der Waals surface area (Å²) in [6, 6.07) is 1.79. The Bertz CT molecular complexity index is 457. The van der Waals surface area contributed by atoms with E-state index in [1.165, 1.54) is 11.8 Å². The molecule has 0 saturated carbocycles. The molecule has 0 spiro atoms. The normalized spacial score (nSPS) is 15.4. The standard InChI is InChI=1S/C10H14N4O2S/c1-7-5-8(13(2)12-7)11-9(15)6-14-3-4-17-10(14)16/h5H,3-4,6H2,1-2H3,(H,11,15). The number of hydrogen-bond acceptors (Lipinski definition) is 4. The van der Waals surface area contributed by atoms with E-state index < -0.39 is 0 Å². The molecule has 6 nitrogen and oxygen atoms in total. The number of carbonyl (C=O) groups is 2. The second kappa shape index (κ2) is 4.79. The molecule has 1 N–H and O–H groups in total. The summed E-state index contributed by atoms with van der Waals surface area (Å²) in [7, 11) is 1.76. The number of rotatable bonds is 3. The Labute approximate surface area is 103 Å². The largest absolute Gasteiger partial charge is 0.323 e. The highest BCUT2D eigenvalue weighted by molar-refractivity contribution is 8.13. The summed E-state index contributed by atoms with van der Waals surface area (Å²) in [6.07, 6.45) is 0. The van der Waals surface area contributed by atoms with Crippen molar-refractivity contribution >= 4 is 28.7 Å². The SMILES string of the molecule is Cc1cc(NC(=O)CN2CCSC2=O)n(C)n1. The number of hydrogen-bond donors (Lipinski definition) is 1. The number of anilines is 1. The van der Waals surface area contributed by atoms with Gasteiger partial charge in [0.25, 0.3) is 5.24 Å². The van der Waals surface area contributed by atoms with Gasteiger partial charge in [0.15, 0.2) is 0 Å². The smallest absolute Gasteiger partial charge is 0.282 e. The molecule has 92 valence electrons. The van der Waals surface area contributed by atoms with E-state index in [-0.39, 0.29) is 17.7 Å². The van der Waals surface area contributed by atoms with Gasteiger partial charge in [-0.1, -0.05) is 11.8 Å². The highest BCUT2D eigenvalue weighted by atomic mass is 32.2. The van der Waals surface area contributed by atoms with Crippen molar-refractivity contribution in [2.45, 2.75) is 6.92 Å². The lowest BCUT2D eigenvalue weighted by atomic mass is 10.4. The molecule has 0 radical (unpaired) electrons. The number of thioether (sulfide) groups is 1. The Balaban J connectivity index is 1.93. The quantitative estimate of drug-likeness (QED) is 0.867. The topological polar surface area (TPSA) is 67.2 Å². The van der Waals surface area contributed by atoms with Gasteiger partial charge in [-0.05, 0) is 6.92 Å². The van der Waals surface area contributed by atoms with E-state index in [9.17, 15) is 9.59 Å². The van der Waals surface area contributed by atoms with Gasteiger partial charge in [0.05, 0.1) is 5.69 Å². The summed E-state index contributed by atoms with van der Waals surface area (Å²) in [4.78, 5) is 24.6. The van der Waals surface area contributed by atoms with E-state index in [1.807, 2.05) is 6.92 Å². The van der Waals surface area contributed by atoms with Crippen LogP contribution in [0.4, 0.5) is 10.6 Å². The number of carbonyl (C=O) groups excluding carboxylic acids is 2. The van der Waals surface area contributed by atoms with E-state index in [2.05, 4.69) is 10.4 Å². The van der Waals surface area contributed by atoms with Gasteiger partial charge in [0.2, 0.25) is 5.91 Å². The summed E-state index contributed by atoms with van der Waals surface area (Å²) in [5, 5.41) is 6.84. The lowest BCUT2D eigenvalue weighted by molar-refractivity contribution is -0.116. The summed E-state index contributed by atoms with van der Waals surface area (Å²) < 4.78 is 1.60. The first-order valence-corrected chi connectivity index (χ1v) is 6.27. The minimum Gasteiger partial charge on any atom is -0.323 e. The molecule has 0 aliphatic carbocycles. The summed E-state index contributed by atoms with van der Waals surface area (Å²) in [5.41, 5.74) is 0.843. The molecule has 0 aromatic carbocycles. The number of aromatic nitrogens is 2. The monoisotopic (exact) mass is 254 g/mol. The van der Waals surface area contributed by atoms with Crippen LogP contribution >= 0.6 is 11.8 Å². The Morgan fingerprint density at radius 2 is 2.41 bits per heavy atom. The minimum atomic E-state index is -0.191. The van der Waals surface area contributed by atoms with Crippen molar-refractivity contribution in [1.82, 2.24) is 14.7 Å². The average molecular weight is 254 g/mol. The van der Waals surface area contributed by atoms with E-state index >= 15 is 0 Å². The van der Waals surface area contributed by atoms with Gasteiger partial charge in [0.1, 0.15) is 12.4 Å². The van der Waals surface area contributed by atoms with Crippen molar-refractivity contribution in [2.75, 3.05) is 24.2 Å². The molecule has 7 heteroatoms. The third kappa shape index (κ3) is 2.79. The average Bonchev–Trinajstić information content (AvgIpc) is 2.75. The molecule has 1 saturated heterocycles. The molecule has 1 aliphatic rings. The molecule has 1 fully saturated rings. The number of nitrogens with zero attached hydrogens (tertiary/aromatic N) is 3. The van der Waals surface area contributed by atoms with Crippen LogP contribution in [0.25, 0.3) is 0 Å². The van der Waals surface area contributed by atoms with Crippen molar-refractivity contribution in [2.24, 2.45) is 7.05 Å². The maximum Gasteiger partial charge on any atom is 0.282 e. The Kier molecular flexibility index (Phi) is 3.37. The van der Waals surface area contributed by atoms with Gasteiger partial charge in [-0.25, -0.2) is 0 Å². The van der Waals surface area contributed by atoms with Gasteiger partial charge in [-0.2, -0.15) is 5.10 Å². The van der Waals surface area contributed by atoms with Crippen LogP contribution in [0.15, 0.2) is 6.07 Å². The Morgan fingerprint density at radius 3 is 2.94 bits per heavy atom. The van der Waals surface area contributed by atoms with E-state index in [4.69, 9.17) is 0 Å². The third-order valence-corrected chi connectivity index (χ3v) is 3.34. The predicted octanol–water partition coefficient (Wildman–Crippen LogP) is 0.836. The molecule has 1 aromatic rings. The Hall–Kier alpha value is -1.50. The molecule has 17 heavy (non-hydrogen) atoms. The molecule has 2 rings (SSSR count). The van der Waals surface area contributed by atoms with Crippen molar-refractivity contribution in [1.29, 1.82) is 0 Å². The zero-order valence-electron chi connectivity index (χ0n) is 9.77. The maximum absolute atomic E-state index is 11.7. The van der Waals surface area contributed by atoms with Gasteiger partial charge in [0, 0.05) is 25.4 Å². The zero-order valence-corrected chi connectivity index (χ0v) is 10.6. The van der Waals surface area contributed by atoms with E-state index in [0.29, 0.717) is 12.4 Å². The van der Waals surface area contributed by atoms with Gasteiger partial charge in [-0.3, -0.25) is 14.3 Å². The van der Waals surface area contributed by atoms with E-state index in [1.54, 1.807) is 22.7 Å². The second-order valence-corrected chi connectivity index (χ2v) is 4.92. The lowest BCUT2D eigenvalue weighted by Gasteiger charge is -2.13. The first-order valence-electron chi connectivity index (χ1n) is 5.28. The zero-order chi connectivity index (χ0) is 12.4. The molecule has 0 bridgehead atoms. The molecular formula is C10H14N4O2S. The van der Waals surface area contributed by atoms with Crippen molar-refractivity contribution in [3.8, 4) is 0 Å². The van der Waals surface area contributed by atoms with Crippen molar-refractivity contribution < 1.29 is 9.59 Å². The van der Waals surface area contributed by atoms with Crippen LogP contribution in [-0.4, -0.2) is 44.7 Å². The van der Waals surface area contributed by atoms with Gasteiger partial charge >= 0.3 is 0 Å². The number of amides is 2. The van der Waals surface area contributed by atoms with Crippen LogP contribution in [0.2, 0.25) is 0 Å². The number of nitrogens with one attached hydrogen (secondary N) is 1. The fourth-order valence-corrected chi connectivity index (χ4v) is 2.48. The molecule has 1 aromatic heterocycles. The van der Waals surface area contributed by atoms with Crippen LogP contribution in [-0.2, 0) is 11.8 Å². The van der Waals surface area contributed by atoms with Gasteiger partial charge < -0.3 is 10.2 Å². The highest BCUT2D eigenvalue weighted by Gasteiger charge is 2.23. The summed E-state index contributed by atoms with van der Waals surface area (Å²) >= 11 is 1.25. The fourth-order valence-electron chi connectivity index (χ4n) is 1.65. The van der Waals surface area contributed by atoms with Crippen LogP contribution in [0.1, 0.15) is 5.69 Å². The molecule has 2 amide bonds. The molecule has 2 heterocycles. The van der Waals surface area contributed by atoms with Crippen LogP contribution in [0.5, 0.6) is 0 Å². The molecule has 1 aliphatic heterocycles. The summed E-state index contributed by atoms with van der Waals surface area (Å²) in [5.74, 6) is 1.22. The van der Waals surface area contributed by atoms with Crippen LogP contribution < -0.4 is 5.32 Å². The fraction of sp³-hybridized carbons (Fsp3) is 0.500. The lowest BCUT2D eigenvalue weighted by Crippen LogP contribution is -2.33. The molecular weight excluding hydrogens is 240 g/mol. The van der Waals surface area contributed by atoms with Crippen molar-refractivity contribution in [3.63, 3.8) is 0 Å². The molecule has 0 unspecified atom stereocenters. The van der Waals surface area contributed by atoms with Crippen LogP contribution in [0, 0.1) is 6.92 Å². The van der Waals surface area contributed by atoms with Crippen molar-refractivity contribution in [3.05, 3.63) is 11.8 Å². The van der Waals surface area contributed by atoms with Gasteiger partial charge in [-0.15, -0.1) is 0 Å². The second-order valence-electron chi connectivity index (χ2n) is 3.88. The Morgan fingerprint density at radius 1 is 1.65 bits per heavy atom. The summed E-state index contributed by atoms with van der Waals surface area (Å²) in [6.45, 7) is 2.60. The minimum absolute atomic E-state index is 0.0265. The first-order chi connectivity index (χ1) is 8.06. The maximum atomic E-state index is 11.7. The first kappa shape index (κ1) is 12.0. The number of aryl methyl sites for hydroxylation is 2. The van der Waals surface area contributed by atoms with E-state index in [0.717, 1.165) is 11.4 Å². The molecule has 0 atom stereocenters.